The zero-order chi connectivity index (χ0) is 9.28. The summed E-state index contributed by atoms with van der Waals surface area (Å²) in [4.78, 5) is 0. The van der Waals surface area contributed by atoms with E-state index in [0.29, 0.717) is 16.7 Å². The highest BCUT2D eigenvalue weighted by atomic mass is 32.1. The molecular formula is C7H14O2S2. The van der Waals surface area contributed by atoms with Crippen molar-refractivity contribution in [2.24, 2.45) is 0 Å². The van der Waals surface area contributed by atoms with Crippen LogP contribution >= 0.6 is 24.4 Å². The Hall–Kier alpha value is -0.220. The van der Waals surface area contributed by atoms with Crippen LogP contribution in [0, 0.1) is 0 Å². The molecule has 0 saturated carbocycles. The lowest BCUT2D eigenvalue weighted by Crippen LogP contribution is -1.92. The fraction of sp³-hybridized carbons (Fsp3) is 0.714. The van der Waals surface area contributed by atoms with Gasteiger partial charge in [0.05, 0.1) is 13.7 Å². The van der Waals surface area contributed by atoms with Crippen molar-refractivity contribution in [1.29, 1.82) is 0 Å². The maximum Gasteiger partial charge on any atom is 0.156 e. The minimum atomic E-state index is 0.588. The monoisotopic (exact) mass is 194 g/mol. The fourth-order valence-electron chi connectivity index (χ4n) is 0.203. The SMILES string of the molecule is CCOC(C)=S.COC(C)=S. The van der Waals surface area contributed by atoms with Crippen LogP contribution < -0.4 is 0 Å². The number of ether oxygens (including phenoxy) is 2. The largest absolute Gasteiger partial charge is 0.491 e. The molecule has 0 bridgehead atoms. The fourth-order valence-corrected chi connectivity index (χ4v) is 0.321. The first-order chi connectivity index (χ1) is 5.04. The smallest absolute Gasteiger partial charge is 0.156 e. The second-order valence-electron chi connectivity index (χ2n) is 1.62. The maximum atomic E-state index is 4.77. The number of hydrogen-bond acceptors (Lipinski definition) is 4. The van der Waals surface area contributed by atoms with Crippen LogP contribution in [0.4, 0.5) is 0 Å². The van der Waals surface area contributed by atoms with Gasteiger partial charge in [-0.05, 0) is 31.4 Å². The molecular weight excluding hydrogens is 180 g/mol. The third-order valence-corrected chi connectivity index (χ3v) is 0.920. The Morgan fingerprint density at radius 2 is 1.55 bits per heavy atom. The first-order valence-electron chi connectivity index (χ1n) is 3.22. The molecule has 0 amide bonds. The van der Waals surface area contributed by atoms with Crippen LogP contribution in [0.2, 0.25) is 0 Å². The Balaban J connectivity index is 0. The van der Waals surface area contributed by atoms with Crippen molar-refractivity contribution in [3.8, 4) is 0 Å². The van der Waals surface area contributed by atoms with E-state index in [-0.39, 0.29) is 0 Å². The van der Waals surface area contributed by atoms with Crippen LogP contribution in [0.25, 0.3) is 0 Å². The zero-order valence-electron chi connectivity index (χ0n) is 7.34. The second-order valence-corrected chi connectivity index (χ2v) is 2.77. The first-order valence-corrected chi connectivity index (χ1v) is 4.04. The molecule has 0 fully saturated rings. The molecule has 0 spiro atoms. The predicted molar refractivity (Wildman–Crippen MR) is 55.2 cm³/mol. The van der Waals surface area contributed by atoms with Crippen molar-refractivity contribution < 1.29 is 9.47 Å². The van der Waals surface area contributed by atoms with E-state index in [1.165, 1.54) is 0 Å². The molecule has 0 saturated heterocycles. The van der Waals surface area contributed by atoms with Crippen LogP contribution in [0.15, 0.2) is 0 Å². The number of rotatable bonds is 1. The molecule has 0 aromatic rings. The van der Waals surface area contributed by atoms with Crippen LogP contribution in [0.3, 0.4) is 0 Å². The summed E-state index contributed by atoms with van der Waals surface area (Å²) >= 11 is 9.05. The lowest BCUT2D eigenvalue weighted by atomic mass is 10.8. The lowest BCUT2D eigenvalue weighted by molar-refractivity contribution is 0.334. The summed E-state index contributed by atoms with van der Waals surface area (Å²) in [6, 6.07) is 0. The van der Waals surface area contributed by atoms with E-state index in [4.69, 9.17) is 4.74 Å². The lowest BCUT2D eigenvalue weighted by Gasteiger charge is -1.93. The van der Waals surface area contributed by atoms with Gasteiger partial charge in [0, 0.05) is 13.8 Å². The van der Waals surface area contributed by atoms with Gasteiger partial charge in [-0.15, -0.1) is 0 Å². The summed E-state index contributed by atoms with van der Waals surface area (Å²) in [5.41, 5.74) is 0. The van der Waals surface area contributed by atoms with Gasteiger partial charge in [0.2, 0.25) is 0 Å². The van der Waals surface area contributed by atoms with Crippen molar-refractivity contribution in [1.82, 2.24) is 0 Å². The van der Waals surface area contributed by atoms with Gasteiger partial charge >= 0.3 is 0 Å². The zero-order valence-corrected chi connectivity index (χ0v) is 8.97. The van der Waals surface area contributed by atoms with Gasteiger partial charge in [-0.1, -0.05) is 0 Å². The molecule has 0 unspecified atom stereocenters. The Bertz CT molecular complexity index is 124. The van der Waals surface area contributed by atoms with Gasteiger partial charge in [-0.3, -0.25) is 0 Å². The number of methoxy groups -OCH3 is 1. The molecule has 0 radical (unpaired) electrons. The van der Waals surface area contributed by atoms with E-state index in [2.05, 4.69) is 29.2 Å². The highest BCUT2D eigenvalue weighted by Crippen LogP contribution is 1.75. The standard InChI is InChI=1S/C4H8OS.C3H6OS/c1-3-5-4(2)6;1-3(5)4-2/h3H2,1-2H3;1-2H3. The second kappa shape index (κ2) is 9.78. The van der Waals surface area contributed by atoms with E-state index in [1.54, 1.807) is 21.0 Å². The van der Waals surface area contributed by atoms with Crippen molar-refractivity contribution >= 4 is 34.5 Å². The van der Waals surface area contributed by atoms with E-state index >= 15 is 0 Å². The number of hydrogen-bond donors (Lipinski definition) is 0. The summed E-state index contributed by atoms with van der Waals surface area (Å²) < 4.78 is 9.25. The molecule has 11 heavy (non-hydrogen) atoms. The Morgan fingerprint density at radius 3 is 1.55 bits per heavy atom. The molecule has 0 aromatic heterocycles. The van der Waals surface area contributed by atoms with Crippen molar-refractivity contribution in [2.45, 2.75) is 20.8 Å². The van der Waals surface area contributed by atoms with Gasteiger partial charge in [-0.2, -0.15) is 0 Å². The molecule has 0 aliphatic rings. The topological polar surface area (TPSA) is 18.5 Å². The molecule has 0 aliphatic heterocycles. The Labute approximate surface area is 78.9 Å². The Morgan fingerprint density at radius 1 is 1.18 bits per heavy atom. The van der Waals surface area contributed by atoms with Gasteiger partial charge in [0.15, 0.2) is 10.1 Å². The summed E-state index contributed by atoms with van der Waals surface area (Å²) in [6.45, 7) is 6.10. The highest BCUT2D eigenvalue weighted by Gasteiger charge is 1.76. The molecule has 0 aromatic carbocycles. The van der Waals surface area contributed by atoms with E-state index in [9.17, 15) is 0 Å². The van der Waals surface area contributed by atoms with Gasteiger partial charge < -0.3 is 9.47 Å². The van der Waals surface area contributed by atoms with Crippen molar-refractivity contribution in [3.63, 3.8) is 0 Å². The van der Waals surface area contributed by atoms with E-state index in [0.717, 1.165) is 0 Å². The summed E-state index contributed by atoms with van der Waals surface area (Å²) in [6.07, 6.45) is 0. The maximum absolute atomic E-state index is 4.77. The highest BCUT2D eigenvalue weighted by molar-refractivity contribution is 7.80. The van der Waals surface area contributed by atoms with Crippen molar-refractivity contribution in [2.75, 3.05) is 13.7 Å². The minimum Gasteiger partial charge on any atom is -0.491 e. The van der Waals surface area contributed by atoms with Crippen molar-refractivity contribution in [3.05, 3.63) is 0 Å². The van der Waals surface area contributed by atoms with Gasteiger partial charge in [-0.25, -0.2) is 0 Å². The average molecular weight is 194 g/mol. The minimum absolute atomic E-state index is 0.588. The van der Waals surface area contributed by atoms with Crippen LogP contribution in [0.1, 0.15) is 20.8 Å². The van der Waals surface area contributed by atoms with Crippen LogP contribution in [-0.2, 0) is 9.47 Å². The molecule has 2 nitrogen and oxygen atoms in total. The summed E-state index contributed by atoms with van der Waals surface area (Å²) in [5, 5.41) is 1.21. The van der Waals surface area contributed by atoms with Crippen LogP contribution in [-0.4, -0.2) is 23.8 Å². The number of thiocarbonyl (C=S) groups is 2. The Kier molecular flexibility index (Phi) is 11.9. The van der Waals surface area contributed by atoms with Gasteiger partial charge in [0.1, 0.15) is 0 Å². The molecule has 0 atom stereocenters. The average Bonchev–Trinajstić information content (AvgIpc) is 1.89. The first kappa shape index (κ1) is 13.4. The van der Waals surface area contributed by atoms with Gasteiger partial charge in [0.25, 0.3) is 0 Å². The molecule has 0 rings (SSSR count). The molecule has 66 valence electrons. The van der Waals surface area contributed by atoms with E-state index < -0.39 is 0 Å². The third kappa shape index (κ3) is 25.9. The van der Waals surface area contributed by atoms with E-state index in [1.807, 2.05) is 6.92 Å². The molecule has 0 aliphatic carbocycles. The normalized spacial score (nSPS) is 7.27. The molecule has 0 N–H and O–H groups in total. The molecule has 0 heterocycles. The van der Waals surface area contributed by atoms with Crippen LogP contribution in [0.5, 0.6) is 0 Å². The summed E-state index contributed by atoms with van der Waals surface area (Å²) in [5.74, 6) is 0. The molecule has 4 heteroatoms. The third-order valence-electron chi connectivity index (χ3n) is 0.635. The summed E-state index contributed by atoms with van der Waals surface area (Å²) in [7, 11) is 1.56. The predicted octanol–water partition coefficient (Wildman–Crippen LogP) is 2.35. The quantitative estimate of drug-likeness (QED) is 0.596.